The molecule has 2 aromatic carbocycles. The lowest BCUT2D eigenvalue weighted by Gasteiger charge is -2.12. The highest BCUT2D eigenvalue weighted by molar-refractivity contribution is 9.10. The minimum atomic E-state index is -0.171. The molecule has 6 heteroatoms. The van der Waals surface area contributed by atoms with Crippen molar-refractivity contribution in [1.82, 2.24) is 10.3 Å². The van der Waals surface area contributed by atoms with Crippen LogP contribution < -0.4 is 10.1 Å². The summed E-state index contributed by atoms with van der Waals surface area (Å²) in [4.78, 5) is 16.9. The molecule has 0 spiro atoms. The number of thiazole rings is 1. The highest BCUT2D eigenvalue weighted by Gasteiger charge is 2.13. The number of aryl methyl sites for hydroxylation is 1. The van der Waals surface area contributed by atoms with Crippen molar-refractivity contribution < 1.29 is 9.53 Å². The van der Waals surface area contributed by atoms with Crippen LogP contribution in [0.5, 0.6) is 5.75 Å². The van der Waals surface area contributed by atoms with Gasteiger partial charge in [-0.15, -0.1) is 11.3 Å². The molecule has 3 aromatic rings. The molecule has 0 aliphatic carbocycles. The Kier molecular flexibility index (Phi) is 5.83. The molecule has 25 heavy (non-hydrogen) atoms. The molecule has 128 valence electrons. The highest BCUT2D eigenvalue weighted by Crippen LogP contribution is 2.22. The molecule has 0 bridgehead atoms. The molecule has 0 unspecified atom stereocenters. The van der Waals surface area contributed by atoms with Crippen molar-refractivity contribution >= 4 is 33.2 Å². The van der Waals surface area contributed by atoms with Gasteiger partial charge in [0.1, 0.15) is 17.4 Å². The van der Waals surface area contributed by atoms with E-state index in [0.717, 1.165) is 20.7 Å². The van der Waals surface area contributed by atoms with E-state index in [0.29, 0.717) is 24.5 Å². The lowest BCUT2D eigenvalue weighted by Crippen LogP contribution is -2.23. The Morgan fingerprint density at radius 3 is 2.72 bits per heavy atom. The zero-order valence-corrected chi connectivity index (χ0v) is 16.1. The van der Waals surface area contributed by atoms with Crippen LogP contribution in [0.4, 0.5) is 0 Å². The van der Waals surface area contributed by atoms with Gasteiger partial charge in [0.2, 0.25) is 0 Å². The lowest BCUT2D eigenvalue weighted by atomic mass is 10.2. The van der Waals surface area contributed by atoms with Crippen LogP contribution in [-0.4, -0.2) is 10.9 Å². The molecule has 4 nitrogen and oxygen atoms in total. The summed E-state index contributed by atoms with van der Waals surface area (Å²) >= 11 is 5.04. The zero-order valence-electron chi connectivity index (χ0n) is 13.7. The minimum absolute atomic E-state index is 0.171. The van der Waals surface area contributed by atoms with E-state index in [1.54, 1.807) is 12.1 Å². The van der Waals surface area contributed by atoms with Crippen molar-refractivity contribution in [3.63, 3.8) is 0 Å². The molecule has 0 saturated carbocycles. The number of benzene rings is 2. The van der Waals surface area contributed by atoms with Crippen LogP contribution in [0, 0.1) is 6.92 Å². The standard InChI is InChI=1S/C19H17BrN2O2S/c1-13-12-25-18(22-13)10-21-19(23)15-7-3-5-9-17(15)24-11-14-6-2-4-8-16(14)20/h2-9,12H,10-11H2,1H3,(H,21,23). The van der Waals surface area contributed by atoms with Crippen molar-refractivity contribution in [2.75, 3.05) is 0 Å². The molecule has 3 rings (SSSR count). The lowest BCUT2D eigenvalue weighted by molar-refractivity contribution is 0.0946. The summed E-state index contributed by atoms with van der Waals surface area (Å²) in [7, 11) is 0. The van der Waals surface area contributed by atoms with Crippen LogP contribution >= 0.6 is 27.3 Å². The number of nitrogens with one attached hydrogen (secondary N) is 1. The number of para-hydroxylation sites is 1. The van der Waals surface area contributed by atoms with E-state index in [2.05, 4.69) is 26.2 Å². The Morgan fingerprint density at radius 2 is 1.96 bits per heavy atom. The molecule has 0 atom stereocenters. The molecule has 1 N–H and O–H groups in total. The molecule has 0 aliphatic rings. The van der Waals surface area contributed by atoms with Gasteiger partial charge in [-0.2, -0.15) is 0 Å². The molecule has 1 amide bonds. The number of ether oxygens (including phenoxy) is 1. The first-order chi connectivity index (χ1) is 12.1. The Morgan fingerprint density at radius 1 is 1.20 bits per heavy atom. The van der Waals surface area contributed by atoms with Gasteiger partial charge < -0.3 is 10.1 Å². The van der Waals surface area contributed by atoms with Crippen molar-refractivity contribution in [3.8, 4) is 5.75 Å². The monoisotopic (exact) mass is 416 g/mol. The van der Waals surface area contributed by atoms with Crippen LogP contribution in [-0.2, 0) is 13.2 Å². The largest absolute Gasteiger partial charge is 0.488 e. The number of rotatable bonds is 6. The van der Waals surface area contributed by atoms with Gasteiger partial charge in [-0.25, -0.2) is 4.98 Å². The predicted octanol–water partition coefficient (Wildman–Crippen LogP) is 4.72. The van der Waals surface area contributed by atoms with Crippen LogP contribution in [0.2, 0.25) is 0 Å². The average molecular weight is 417 g/mol. The van der Waals surface area contributed by atoms with Crippen molar-refractivity contribution in [3.05, 3.63) is 80.2 Å². The van der Waals surface area contributed by atoms with Gasteiger partial charge in [0.15, 0.2) is 0 Å². The Hall–Kier alpha value is -2.18. The molecule has 0 saturated heterocycles. The Balaban J connectivity index is 1.67. The summed E-state index contributed by atoms with van der Waals surface area (Å²) in [5, 5.41) is 5.75. The van der Waals surface area contributed by atoms with Crippen LogP contribution in [0.1, 0.15) is 26.6 Å². The first-order valence-corrected chi connectivity index (χ1v) is 9.45. The summed E-state index contributed by atoms with van der Waals surface area (Å²) in [5.74, 6) is 0.390. The van der Waals surface area contributed by atoms with Crippen molar-refractivity contribution in [2.24, 2.45) is 0 Å². The normalized spacial score (nSPS) is 10.5. The summed E-state index contributed by atoms with van der Waals surface area (Å²) < 4.78 is 6.86. The van der Waals surface area contributed by atoms with E-state index in [1.165, 1.54) is 11.3 Å². The molecule has 0 radical (unpaired) electrons. The van der Waals surface area contributed by atoms with E-state index in [4.69, 9.17) is 4.74 Å². The summed E-state index contributed by atoms with van der Waals surface area (Å²) in [6, 6.07) is 15.1. The first-order valence-electron chi connectivity index (χ1n) is 7.78. The van der Waals surface area contributed by atoms with Gasteiger partial charge in [-0.1, -0.05) is 46.3 Å². The molecule has 1 heterocycles. The van der Waals surface area contributed by atoms with E-state index >= 15 is 0 Å². The van der Waals surface area contributed by atoms with E-state index in [1.807, 2.05) is 48.7 Å². The van der Waals surface area contributed by atoms with Crippen LogP contribution in [0.3, 0.4) is 0 Å². The smallest absolute Gasteiger partial charge is 0.255 e. The van der Waals surface area contributed by atoms with E-state index in [-0.39, 0.29) is 5.91 Å². The fraction of sp³-hybridized carbons (Fsp3) is 0.158. The van der Waals surface area contributed by atoms with E-state index < -0.39 is 0 Å². The van der Waals surface area contributed by atoms with Crippen molar-refractivity contribution in [2.45, 2.75) is 20.1 Å². The first kappa shape index (κ1) is 17.6. The second-order valence-corrected chi connectivity index (χ2v) is 7.24. The summed E-state index contributed by atoms with van der Waals surface area (Å²) in [6.45, 7) is 2.74. The SMILES string of the molecule is Cc1csc(CNC(=O)c2ccccc2OCc2ccccc2Br)n1. The maximum atomic E-state index is 12.5. The Bertz CT molecular complexity index is 879. The number of amides is 1. The summed E-state index contributed by atoms with van der Waals surface area (Å²) in [6.07, 6.45) is 0. The third-order valence-electron chi connectivity index (χ3n) is 3.54. The second kappa shape index (κ2) is 8.27. The summed E-state index contributed by atoms with van der Waals surface area (Å²) in [5.41, 5.74) is 2.50. The average Bonchev–Trinajstić information content (AvgIpc) is 3.04. The maximum absolute atomic E-state index is 12.5. The Labute approximate surface area is 159 Å². The van der Waals surface area contributed by atoms with E-state index in [9.17, 15) is 4.79 Å². The van der Waals surface area contributed by atoms with Gasteiger partial charge in [0, 0.05) is 21.1 Å². The number of hydrogen-bond acceptors (Lipinski definition) is 4. The molecular weight excluding hydrogens is 400 g/mol. The topological polar surface area (TPSA) is 51.2 Å². The van der Waals surface area contributed by atoms with Gasteiger partial charge in [-0.3, -0.25) is 4.79 Å². The minimum Gasteiger partial charge on any atom is -0.488 e. The highest BCUT2D eigenvalue weighted by atomic mass is 79.9. The van der Waals surface area contributed by atoms with Gasteiger partial charge >= 0.3 is 0 Å². The fourth-order valence-electron chi connectivity index (χ4n) is 2.29. The van der Waals surface area contributed by atoms with Gasteiger partial charge in [-0.05, 0) is 25.1 Å². The predicted molar refractivity (Wildman–Crippen MR) is 103 cm³/mol. The van der Waals surface area contributed by atoms with Crippen molar-refractivity contribution in [1.29, 1.82) is 0 Å². The second-order valence-electron chi connectivity index (χ2n) is 5.44. The number of carbonyl (C=O) groups is 1. The third kappa shape index (κ3) is 4.67. The number of hydrogen-bond donors (Lipinski definition) is 1. The third-order valence-corrected chi connectivity index (χ3v) is 5.28. The van der Waals surface area contributed by atoms with Gasteiger partial charge in [0.25, 0.3) is 5.91 Å². The van der Waals surface area contributed by atoms with Crippen LogP contribution in [0.25, 0.3) is 0 Å². The molecule has 0 fully saturated rings. The number of nitrogens with zero attached hydrogens (tertiary/aromatic N) is 1. The number of carbonyl (C=O) groups excluding carboxylic acids is 1. The molecule has 1 aromatic heterocycles. The molecular formula is C19H17BrN2O2S. The molecule has 0 aliphatic heterocycles. The van der Waals surface area contributed by atoms with Crippen LogP contribution in [0.15, 0.2) is 58.4 Å². The number of halogens is 1. The maximum Gasteiger partial charge on any atom is 0.255 e. The fourth-order valence-corrected chi connectivity index (χ4v) is 3.40. The number of aromatic nitrogens is 1. The quantitative estimate of drug-likeness (QED) is 0.631. The van der Waals surface area contributed by atoms with Gasteiger partial charge in [0.05, 0.1) is 12.1 Å². The zero-order chi connectivity index (χ0) is 17.6.